The number of thiophene rings is 1. The Morgan fingerprint density at radius 3 is 2.95 bits per heavy atom. The van der Waals surface area contributed by atoms with E-state index in [-0.39, 0.29) is 0 Å². The van der Waals surface area contributed by atoms with Crippen molar-refractivity contribution < 1.29 is 4.79 Å². The second-order valence-electron chi connectivity index (χ2n) is 6.24. The molecule has 2 aliphatic rings. The fourth-order valence-electron chi connectivity index (χ4n) is 3.61. The third-order valence-electron chi connectivity index (χ3n) is 4.74. The van der Waals surface area contributed by atoms with Crippen LogP contribution in [0.4, 0.5) is 0 Å². The number of rotatable bonds is 4. The van der Waals surface area contributed by atoms with Crippen molar-refractivity contribution in [3.63, 3.8) is 0 Å². The van der Waals surface area contributed by atoms with E-state index in [1.807, 2.05) is 0 Å². The molecule has 3 heterocycles. The number of nitrogens with two attached hydrogens (primary N) is 1. The maximum atomic E-state index is 12.7. The van der Waals surface area contributed by atoms with E-state index in [1.165, 1.54) is 17.7 Å². The SMILES string of the molecule is NCC1CCCN(CC(=O)N2CCCC2c2cccs2)C1. The molecular weight excluding hydrogens is 282 g/mol. The molecule has 2 N–H and O–H groups in total. The fraction of sp³-hybridized carbons (Fsp3) is 0.688. The molecule has 2 saturated heterocycles. The van der Waals surface area contributed by atoms with Crippen LogP contribution in [-0.2, 0) is 4.79 Å². The van der Waals surface area contributed by atoms with Gasteiger partial charge in [-0.2, -0.15) is 0 Å². The first-order valence-electron chi connectivity index (χ1n) is 8.03. The van der Waals surface area contributed by atoms with Crippen molar-refractivity contribution in [3.05, 3.63) is 22.4 Å². The van der Waals surface area contributed by atoms with Gasteiger partial charge in [0.2, 0.25) is 5.91 Å². The zero-order valence-electron chi connectivity index (χ0n) is 12.5. The highest BCUT2D eigenvalue weighted by molar-refractivity contribution is 7.10. The highest BCUT2D eigenvalue weighted by Crippen LogP contribution is 2.34. The molecule has 2 fully saturated rings. The van der Waals surface area contributed by atoms with Crippen molar-refractivity contribution in [2.24, 2.45) is 11.7 Å². The Morgan fingerprint density at radius 2 is 2.19 bits per heavy atom. The number of hydrogen-bond acceptors (Lipinski definition) is 4. The quantitative estimate of drug-likeness (QED) is 0.926. The first-order chi connectivity index (χ1) is 10.3. The van der Waals surface area contributed by atoms with Crippen LogP contribution in [0.25, 0.3) is 0 Å². The van der Waals surface area contributed by atoms with Gasteiger partial charge in [-0.05, 0) is 56.1 Å². The molecule has 0 aliphatic carbocycles. The molecule has 21 heavy (non-hydrogen) atoms. The molecule has 1 aromatic rings. The first kappa shape index (κ1) is 15.0. The highest BCUT2D eigenvalue weighted by Gasteiger charge is 2.32. The van der Waals surface area contributed by atoms with Crippen LogP contribution in [0.5, 0.6) is 0 Å². The summed E-state index contributed by atoms with van der Waals surface area (Å²) in [6.07, 6.45) is 4.61. The molecule has 2 unspecified atom stereocenters. The van der Waals surface area contributed by atoms with Crippen LogP contribution in [0.3, 0.4) is 0 Å². The molecule has 1 aromatic heterocycles. The Bertz CT molecular complexity index is 462. The molecule has 0 bridgehead atoms. The number of carbonyl (C=O) groups excluding carboxylic acids is 1. The molecule has 3 rings (SSSR count). The van der Waals surface area contributed by atoms with Gasteiger partial charge in [-0.1, -0.05) is 6.07 Å². The Labute approximate surface area is 130 Å². The van der Waals surface area contributed by atoms with Crippen molar-refractivity contribution in [1.29, 1.82) is 0 Å². The molecule has 0 spiro atoms. The van der Waals surface area contributed by atoms with Crippen LogP contribution >= 0.6 is 11.3 Å². The summed E-state index contributed by atoms with van der Waals surface area (Å²) in [6.45, 7) is 4.25. The number of nitrogens with zero attached hydrogens (tertiary/aromatic N) is 2. The third-order valence-corrected chi connectivity index (χ3v) is 5.71. The van der Waals surface area contributed by atoms with E-state index in [2.05, 4.69) is 27.3 Å². The molecule has 2 atom stereocenters. The number of carbonyl (C=O) groups is 1. The fourth-order valence-corrected chi connectivity index (χ4v) is 4.48. The summed E-state index contributed by atoms with van der Waals surface area (Å²) < 4.78 is 0. The van der Waals surface area contributed by atoms with Crippen LogP contribution in [0.1, 0.15) is 36.6 Å². The molecule has 0 radical (unpaired) electrons. The van der Waals surface area contributed by atoms with E-state index in [0.29, 0.717) is 24.4 Å². The summed E-state index contributed by atoms with van der Waals surface area (Å²) in [5.41, 5.74) is 5.78. The van der Waals surface area contributed by atoms with E-state index in [9.17, 15) is 4.79 Å². The van der Waals surface area contributed by atoms with Gasteiger partial charge in [-0.3, -0.25) is 9.69 Å². The van der Waals surface area contributed by atoms with Crippen LogP contribution in [0.15, 0.2) is 17.5 Å². The van der Waals surface area contributed by atoms with Gasteiger partial charge in [0.1, 0.15) is 0 Å². The number of amides is 1. The van der Waals surface area contributed by atoms with E-state index >= 15 is 0 Å². The largest absolute Gasteiger partial charge is 0.334 e. The van der Waals surface area contributed by atoms with Gasteiger partial charge in [0.15, 0.2) is 0 Å². The average molecular weight is 307 g/mol. The van der Waals surface area contributed by atoms with E-state index in [4.69, 9.17) is 5.73 Å². The normalized spacial score (nSPS) is 27.2. The lowest BCUT2D eigenvalue weighted by atomic mass is 9.98. The zero-order valence-corrected chi connectivity index (χ0v) is 13.4. The molecule has 1 amide bonds. The summed E-state index contributed by atoms with van der Waals surface area (Å²) in [7, 11) is 0. The van der Waals surface area contributed by atoms with E-state index < -0.39 is 0 Å². The maximum Gasteiger partial charge on any atom is 0.237 e. The predicted octanol–water partition coefficient (Wildman–Crippen LogP) is 2.08. The van der Waals surface area contributed by atoms with Gasteiger partial charge >= 0.3 is 0 Å². The Hall–Kier alpha value is -0.910. The van der Waals surface area contributed by atoms with Crippen molar-refractivity contribution in [2.45, 2.75) is 31.7 Å². The molecule has 5 heteroatoms. The van der Waals surface area contributed by atoms with Crippen LogP contribution < -0.4 is 5.73 Å². The third kappa shape index (κ3) is 3.47. The minimum atomic E-state index is 0.295. The van der Waals surface area contributed by atoms with Gasteiger partial charge in [0, 0.05) is 18.0 Å². The lowest BCUT2D eigenvalue weighted by Gasteiger charge is -2.33. The van der Waals surface area contributed by atoms with E-state index in [1.54, 1.807) is 11.3 Å². The predicted molar refractivity (Wildman–Crippen MR) is 86.2 cm³/mol. The molecule has 0 aromatic carbocycles. The van der Waals surface area contributed by atoms with Crippen LogP contribution in [-0.4, -0.2) is 48.4 Å². The van der Waals surface area contributed by atoms with E-state index in [0.717, 1.165) is 39.0 Å². The summed E-state index contributed by atoms with van der Waals surface area (Å²) >= 11 is 1.77. The van der Waals surface area contributed by atoms with Crippen molar-refractivity contribution >= 4 is 17.2 Å². The second kappa shape index (κ2) is 6.90. The minimum absolute atomic E-state index is 0.295. The minimum Gasteiger partial charge on any atom is -0.334 e. The maximum absolute atomic E-state index is 12.7. The van der Waals surface area contributed by atoms with Crippen molar-refractivity contribution in [1.82, 2.24) is 9.80 Å². The van der Waals surface area contributed by atoms with Gasteiger partial charge in [0.05, 0.1) is 12.6 Å². The lowest BCUT2D eigenvalue weighted by molar-refractivity contribution is -0.133. The average Bonchev–Trinajstić information content (AvgIpc) is 3.18. The Morgan fingerprint density at radius 1 is 1.33 bits per heavy atom. The molecule has 2 aliphatic heterocycles. The molecule has 0 saturated carbocycles. The number of likely N-dealkylation sites (tertiary alicyclic amines) is 2. The monoisotopic (exact) mass is 307 g/mol. The number of piperidine rings is 1. The Balaban J connectivity index is 1.59. The topological polar surface area (TPSA) is 49.6 Å². The van der Waals surface area contributed by atoms with Gasteiger partial charge in [-0.15, -0.1) is 11.3 Å². The molecular formula is C16H25N3OS. The second-order valence-corrected chi connectivity index (χ2v) is 7.22. The Kier molecular flexibility index (Phi) is 4.93. The molecule has 4 nitrogen and oxygen atoms in total. The summed E-state index contributed by atoms with van der Waals surface area (Å²) in [4.78, 5) is 18.4. The van der Waals surface area contributed by atoms with Crippen molar-refractivity contribution in [2.75, 3.05) is 32.7 Å². The standard InChI is InChI=1S/C16H25N3OS/c17-10-13-4-1-7-18(11-13)12-16(20)19-8-2-5-14(19)15-6-3-9-21-15/h3,6,9,13-14H,1-2,4-5,7-8,10-12,17H2. The molecule has 116 valence electrons. The van der Waals surface area contributed by atoms with Gasteiger partial charge in [-0.25, -0.2) is 0 Å². The lowest BCUT2D eigenvalue weighted by Crippen LogP contribution is -2.45. The zero-order chi connectivity index (χ0) is 14.7. The first-order valence-corrected chi connectivity index (χ1v) is 8.91. The number of hydrogen-bond donors (Lipinski definition) is 1. The van der Waals surface area contributed by atoms with Crippen molar-refractivity contribution in [3.8, 4) is 0 Å². The highest BCUT2D eigenvalue weighted by atomic mass is 32.1. The van der Waals surface area contributed by atoms with Crippen LogP contribution in [0, 0.1) is 5.92 Å². The van der Waals surface area contributed by atoms with Gasteiger partial charge < -0.3 is 10.6 Å². The summed E-state index contributed by atoms with van der Waals surface area (Å²) in [6, 6.07) is 4.55. The van der Waals surface area contributed by atoms with Gasteiger partial charge in [0.25, 0.3) is 0 Å². The summed E-state index contributed by atoms with van der Waals surface area (Å²) in [5.74, 6) is 0.863. The summed E-state index contributed by atoms with van der Waals surface area (Å²) in [5, 5.41) is 2.10. The smallest absolute Gasteiger partial charge is 0.237 e. The van der Waals surface area contributed by atoms with Crippen LogP contribution in [0.2, 0.25) is 0 Å².